The Hall–Kier alpha value is -0.800. The summed E-state index contributed by atoms with van der Waals surface area (Å²) in [4.78, 5) is 0. The fraction of sp³-hybridized carbons (Fsp3) is 0.600. The second-order valence-electron chi connectivity index (χ2n) is 3.03. The maximum absolute atomic E-state index is 5.87. The summed E-state index contributed by atoms with van der Waals surface area (Å²) in [5, 5.41) is 0. The van der Waals surface area contributed by atoms with Crippen molar-refractivity contribution >= 4 is 0 Å². The molecule has 1 aromatic rings. The van der Waals surface area contributed by atoms with Gasteiger partial charge >= 0.3 is 0 Å². The Morgan fingerprint density at radius 3 is 3.08 bits per heavy atom. The molecule has 0 aliphatic rings. The third-order valence-corrected chi connectivity index (χ3v) is 1.88. The first-order chi connectivity index (χ1) is 6.33. The highest BCUT2D eigenvalue weighted by molar-refractivity contribution is 4.99. The van der Waals surface area contributed by atoms with E-state index in [-0.39, 0.29) is 6.04 Å². The van der Waals surface area contributed by atoms with E-state index in [0.29, 0.717) is 0 Å². The summed E-state index contributed by atoms with van der Waals surface area (Å²) in [6.07, 6.45) is 3.35. The molecule has 13 heavy (non-hydrogen) atoms. The third-order valence-electron chi connectivity index (χ3n) is 1.88. The molecule has 0 aliphatic carbocycles. The van der Waals surface area contributed by atoms with E-state index in [9.17, 15) is 0 Å². The average molecular weight is 183 g/mol. The van der Waals surface area contributed by atoms with Gasteiger partial charge in [0.2, 0.25) is 0 Å². The summed E-state index contributed by atoms with van der Waals surface area (Å²) in [5.41, 5.74) is 5.87. The van der Waals surface area contributed by atoms with Crippen molar-refractivity contribution in [3.63, 3.8) is 0 Å². The molecule has 0 saturated carbocycles. The summed E-state index contributed by atoms with van der Waals surface area (Å²) in [5.74, 6) is 0.948. The van der Waals surface area contributed by atoms with Crippen LogP contribution < -0.4 is 5.73 Å². The van der Waals surface area contributed by atoms with Crippen LogP contribution >= 0.6 is 0 Å². The maximum Gasteiger partial charge on any atom is 0.105 e. The first kappa shape index (κ1) is 10.3. The molecule has 1 rings (SSSR count). The number of nitrogens with two attached hydrogens (primary N) is 1. The van der Waals surface area contributed by atoms with E-state index >= 15 is 0 Å². The second-order valence-corrected chi connectivity index (χ2v) is 3.03. The molecular weight excluding hydrogens is 166 g/mol. The van der Waals surface area contributed by atoms with Gasteiger partial charge in [0.05, 0.1) is 6.26 Å². The molecule has 3 nitrogen and oxygen atoms in total. The number of furan rings is 1. The predicted molar refractivity (Wildman–Crippen MR) is 51.5 cm³/mol. The van der Waals surface area contributed by atoms with Crippen LogP contribution in [0.2, 0.25) is 0 Å². The van der Waals surface area contributed by atoms with Crippen molar-refractivity contribution in [2.24, 2.45) is 5.73 Å². The van der Waals surface area contributed by atoms with Crippen LogP contribution in [-0.4, -0.2) is 19.3 Å². The van der Waals surface area contributed by atoms with E-state index in [1.54, 1.807) is 6.26 Å². The molecule has 0 spiro atoms. The molecule has 0 aliphatic heterocycles. The van der Waals surface area contributed by atoms with Crippen LogP contribution in [0.25, 0.3) is 0 Å². The molecule has 0 fully saturated rings. The Morgan fingerprint density at radius 2 is 2.46 bits per heavy atom. The average Bonchev–Trinajstić information content (AvgIpc) is 2.57. The Bertz CT molecular complexity index is 209. The second kappa shape index (κ2) is 5.78. The topological polar surface area (TPSA) is 48.4 Å². The highest BCUT2D eigenvalue weighted by Crippen LogP contribution is 2.04. The molecule has 3 heteroatoms. The van der Waals surface area contributed by atoms with E-state index in [2.05, 4.69) is 0 Å². The molecule has 2 N–H and O–H groups in total. The van der Waals surface area contributed by atoms with Crippen LogP contribution in [0.3, 0.4) is 0 Å². The van der Waals surface area contributed by atoms with E-state index < -0.39 is 0 Å². The number of hydrogen-bond acceptors (Lipinski definition) is 3. The lowest BCUT2D eigenvalue weighted by atomic mass is 10.1. The van der Waals surface area contributed by atoms with Gasteiger partial charge in [-0.15, -0.1) is 0 Å². The number of hydrogen-bond donors (Lipinski definition) is 1. The monoisotopic (exact) mass is 183 g/mol. The molecule has 1 aromatic heterocycles. The zero-order chi connectivity index (χ0) is 9.52. The summed E-state index contributed by atoms with van der Waals surface area (Å²) in [7, 11) is 0. The lowest BCUT2D eigenvalue weighted by Gasteiger charge is -2.08. The van der Waals surface area contributed by atoms with Gasteiger partial charge < -0.3 is 14.9 Å². The molecule has 0 aromatic carbocycles. The molecule has 0 saturated heterocycles. The molecule has 0 amide bonds. The Kier molecular flexibility index (Phi) is 4.57. The zero-order valence-electron chi connectivity index (χ0n) is 8.03. The zero-order valence-corrected chi connectivity index (χ0v) is 8.03. The fourth-order valence-electron chi connectivity index (χ4n) is 1.17. The van der Waals surface area contributed by atoms with Gasteiger partial charge in [0, 0.05) is 25.7 Å². The molecule has 1 atom stereocenters. The quantitative estimate of drug-likeness (QED) is 0.681. The number of ether oxygens (including phenoxy) is 1. The van der Waals surface area contributed by atoms with Gasteiger partial charge in [-0.2, -0.15) is 0 Å². The van der Waals surface area contributed by atoms with E-state index in [1.165, 1.54) is 0 Å². The van der Waals surface area contributed by atoms with Gasteiger partial charge in [-0.3, -0.25) is 0 Å². The molecule has 1 unspecified atom stereocenters. The molecular formula is C10H17NO2. The molecule has 0 bridgehead atoms. The van der Waals surface area contributed by atoms with Crippen molar-refractivity contribution in [2.75, 3.05) is 13.2 Å². The van der Waals surface area contributed by atoms with Gasteiger partial charge in [-0.05, 0) is 25.5 Å². The minimum absolute atomic E-state index is 0.137. The lowest BCUT2D eigenvalue weighted by Crippen LogP contribution is -2.24. The van der Waals surface area contributed by atoms with Gasteiger partial charge in [0.15, 0.2) is 0 Å². The van der Waals surface area contributed by atoms with Crippen molar-refractivity contribution < 1.29 is 9.15 Å². The molecule has 74 valence electrons. The van der Waals surface area contributed by atoms with Crippen LogP contribution in [0.4, 0.5) is 0 Å². The highest BCUT2D eigenvalue weighted by Gasteiger charge is 2.05. The largest absolute Gasteiger partial charge is 0.469 e. The van der Waals surface area contributed by atoms with Crippen LogP contribution in [0.5, 0.6) is 0 Å². The molecule has 1 heterocycles. The van der Waals surface area contributed by atoms with Crippen molar-refractivity contribution in [3.8, 4) is 0 Å². The first-order valence-electron chi connectivity index (χ1n) is 4.68. The van der Waals surface area contributed by atoms with Crippen molar-refractivity contribution in [2.45, 2.75) is 25.8 Å². The van der Waals surface area contributed by atoms with E-state index in [0.717, 1.165) is 31.8 Å². The van der Waals surface area contributed by atoms with E-state index in [1.807, 2.05) is 19.1 Å². The van der Waals surface area contributed by atoms with Gasteiger partial charge in [-0.25, -0.2) is 0 Å². The fourth-order valence-corrected chi connectivity index (χ4v) is 1.17. The van der Waals surface area contributed by atoms with Gasteiger partial charge in [0.25, 0.3) is 0 Å². The van der Waals surface area contributed by atoms with Crippen LogP contribution in [0.1, 0.15) is 19.1 Å². The standard InChI is InChI=1S/C10H17NO2/c1-2-12-7-5-9(11)8-10-4-3-6-13-10/h3-4,6,9H,2,5,7-8,11H2,1H3. The van der Waals surface area contributed by atoms with Crippen LogP contribution in [0, 0.1) is 0 Å². The number of rotatable bonds is 6. The Balaban J connectivity index is 2.14. The minimum atomic E-state index is 0.137. The van der Waals surface area contributed by atoms with Crippen LogP contribution in [0.15, 0.2) is 22.8 Å². The van der Waals surface area contributed by atoms with Crippen LogP contribution in [-0.2, 0) is 11.2 Å². The Labute approximate surface area is 78.9 Å². The third kappa shape index (κ3) is 4.10. The summed E-state index contributed by atoms with van der Waals surface area (Å²) >= 11 is 0. The normalized spacial score (nSPS) is 13.1. The highest BCUT2D eigenvalue weighted by atomic mass is 16.5. The summed E-state index contributed by atoms with van der Waals surface area (Å²) in [6.45, 7) is 3.48. The lowest BCUT2D eigenvalue weighted by molar-refractivity contribution is 0.139. The maximum atomic E-state index is 5.87. The van der Waals surface area contributed by atoms with E-state index in [4.69, 9.17) is 14.9 Å². The molecule has 0 radical (unpaired) electrons. The first-order valence-corrected chi connectivity index (χ1v) is 4.68. The van der Waals surface area contributed by atoms with Gasteiger partial charge in [-0.1, -0.05) is 0 Å². The SMILES string of the molecule is CCOCCC(N)Cc1ccco1. The minimum Gasteiger partial charge on any atom is -0.469 e. The summed E-state index contributed by atoms with van der Waals surface area (Å²) in [6, 6.07) is 3.96. The predicted octanol–water partition coefficient (Wildman–Crippen LogP) is 1.58. The van der Waals surface area contributed by atoms with Crippen molar-refractivity contribution in [3.05, 3.63) is 24.2 Å². The smallest absolute Gasteiger partial charge is 0.105 e. The Morgan fingerprint density at radius 1 is 1.62 bits per heavy atom. The van der Waals surface area contributed by atoms with Crippen molar-refractivity contribution in [1.29, 1.82) is 0 Å². The van der Waals surface area contributed by atoms with Crippen molar-refractivity contribution in [1.82, 2.24) is 0 Å². The summed E-state index contributed by atoms with van der Waals surface area (Å²) < 4.78 is 10.4. The van der Waals surface area contributed by atoms with Gasteiger partial charge in [0.1, 0.15) is 5.76 Å².